The fourth-order valence-corrected chi connectivity index (χ4v) is 4.62. The highest BCUT2D eigenvalue weighted by molar-refractivity contribution is 6.05. The van der Waals surface area contributed by atoms with E-state index in [0.29, 0.717) is 17.2 Å². The molecule has 158 valence electrons. The first kappa shape index (κ1) is 20.4. The molecule has 2 heterocycles. The number of amides is 1. The molecular weight excluding hydrogens is 378 g/mol. The Morgan fingerprint density at radius 3 is 2.50 bits per heavy atom. The molecular formula is C24H29N3O3. The third-order valence-corrected chi connectivity index (χ3v) is 6.10. The first-order valence-corrected chi connectivity index (χ1v) is 10.8. The van der Waals surface area contributed by atoms with Crippen LogP contribution in [-0.4, -0.2) is 54.6 Å². The maximum atomic E-state index is 12.4. The van der Waals surface area contributed by atoms with E-state index in [2.05, 4.69) is 15.1 Å². The van der Waals surface area contributed by atoms with Gasteiger partial charge in [0.15, 0.2) is 0 Å². The number of rotatable bonds is 6. The summed E-state index contributed by atoms with van der Waals surface area (Å²) in [6.07, 6.45) is 4.84. The molecule has 0 unspecified atom stereocenters. The molecule has 2 aliphatic heterocycles. The lowest BCUT2D eigenvalue weighted by molar-refractivity contribution is 0.0697. The van der Waals surface area contributed by atoms with Gasteiger partial charge in [0.2, 0.25) is 0 Å². The third-order valence-electron chi connectivity index (χ3n) is 6.10. The highest BCUT2D eigenvalue weighted by Crippen LogP contribution is 2.30. The number of hydrogen-bond donors (Lipinski definition) is 2. The number of nitrogens with one attached hydrogen (secondary N) is 1. The molecule has 0 aromatic heterocycles. The minimum absolute atomic E-state index is 0.239. The summed E-state index contributed by atoms with van der Waals surface area (Å²) in [7, 11) is 0. The Morgan fingerprint density at radius 1 is 1.00 bits per heavy atom. The standard InChI is InChI=1S/C24H29N3O3/c28-23(19-8-2-1-3-9-19)25-20-10-11-22(21(15-20)24(29)30)27-14-6-7-18(17-27)16-26-12-4-5-13-26/h1-3,8-11,15,18H,4-7,12-14,16-17H2,(H,25,28)(H,29,30)/t18-/m1/s1. The van der Waals surface area contributed by atoms with E-state index >= 15 is 0 Å². The van der Waals surface area contributed by atoms with E-state index in [1.807, 2.05) is 12.1 Å². The molecule has 2 fully saturated rings. The summed E-state index contributed by atoms with van der Waals surface area (Å²) in [5.74, 6) is -0.651. The smallest absolute Gasteiger partial charge is 0.337 e. The van der Waals surface area contributed by atoms with Crippen molar-refractivity contribution in [3.8, 4) is 0 Å². The van der Waals surface area contributed by atoms with Gasteiger partial charge in [-0.25, -0.2) is 4.79 Å². The summed E-state index contributed by atoms with van der Waals surface area (Å²) in [6, 6.07) is 14.1. The number of carboxylic acid groups (broad SMARTS) is 1. The Labute approximate surface area is 177 Å². The minimum Gasteiger partial charge on any atom is -0.478 e. The van der Waals surface area contributed by atoms with Crippen LogP contribution in [0.5, 0.6) is 0 Å². The van der Waals surface area contributed by atoms with Gasteiger partial charge in [-0.15, -0.1) is 0 Å². The first-order chi connectivity index (χ1) is 14.6. The SMILES string of the molecule is O=C(Nc1ccc(N2CCC[C@H](CN3CCCC3)C2)c(C(=O)O)c1)c1ccccc1. The summed E-state index contributed by atoms with van der Waals surface area (Å²) in [6.45, 7) is 5.22. The quantitative estimate of drug-likeness (QED) is 0.759. The Kier molecular flexibility index (Phi) is 6.33. The van der Waals surface area contributed by atoms with Gasteiger partial charge in [0.25, 0.3) is 5.91 Å². The van der Waals surface area contributed by atoms with E-state index in [1.165, 1.54) is 32.4 Å². The third kappa shape index (κ3) is 4.82. The van der Waals surface area contributed by atoms with Gasteiger partial charge in [-0.1, -0.05) is 18.2 Å². The number of nitrogens with zero attached hydrogens (tertiary/aromatic N) is 2. The lowest BCUT2D eigenvalue weighted by Crippen LogP contribution is -2.41. The molecule has 0 aliphatic carbocycles. The molecule has 0 spiro atoms. The molecule has 1 atom stereocenters. The molecule has 2 saturated heterocycles. The number of likely N-dealkylation sites (tertiary alicyclic amines) is 1. The van der Waals surface area contributed by atoms with Crippen LogP contribution in [0.1, 0.15) is 46.4 Å². The van der Waals surface area contributed by atoms with E-state index in [-0.39, 0.29) is 11.5 Å². The summed E-state index contributed by atoms with van der Waals surface area (Å²) >= 11 is 0. The predicted octanol–water partition coefficient (Wildman–Crippen LogP) is 3.95. The lowest BCUT2D eigenvalue weighted by Gasteiger charge is -2.36. The Hall–Kier alpha value is -2.86. The van der Waals surface area contributed by atoms with E-state index < -0.39 is 5.97 Å². The zero-order chi connectivity index (χ0) is 20.9. The molecule has 6 heteroatoms. The predicted molar refractivity (Wildman–Crippen MR) is 118 cm³/mol. The van der Waals surface area contributed by atoms with Gasteiger partial charge in [0.1, 0.15) is 0 Å². The van der Waals surface area contributed by atoms with E-state index in [0.717, 1.165) is 31.7 Å². The van der Waals surface area contributed by atoms with Crippen LogP contribution in [0.2, 0.25) is 0 Å². The van der Waals surface area contributed by atoms with Crippen LogP contribution in [0.15, 0.2) is 48.5 Å². The molecule has 0 radical (unpaired) electrons. The summed E-state index contributed by atoms with van der Waals surface area (Å²) in [4.78, 5) is 29.1. The maximum absolute atomic E-state index is 12.4. The minimum atomic E-state index is -0.970. The average molecular weight is 408 g/mol. The molecule has 4 rings (SSSR count). The molecule has 0 saturated carbocycles. The van der Waals surface area contributed by atoms with Gasteiger partial charge in [-0.3, -0.25) is 4.79 Å². The van der Waals surface area contributed by atoms with Crippen molar-refractivity contribution in [1.82, 2.24) is 4.90 Å². The molecule has 2 N–H and O–H groups in total. The second kappa shape index (κ2) is 9.30. The van der Waals surface area contributed by atoms with Crippen molar-refractivity contribution in [1.29, 1.82) is 0 Å². The monoisotopic (exact) mass is 407 g/mol. The van der Waals surface area contributed by atoms with Crippen molar-refractivity contribution in [2.24, 2.45) is 5.92 Å². The number of aromatic carboxylic acids is 1. The van der Waals surface area contributed by atoms with Crippen molar-refractivity contribution in [2.45, 2.75) is 25.7 Å². The number of carbonyl (C=O) groups is 2. The maximum Gasteiger partial charge on any atom is 0.337 e. The zero-order valence-corrected chi connectivity index (χ0v) is 17.2. The van der Waals surface area contributed by atoms with Crippen LogP contribution in [0, 0.1) is 5.92 Å². The topological polar surface area (TPSA) is 72.9 Å². The first-order valence-electron chi connectivity index (χ1n) is 10.8. The highest BCUT2D eigenvalue weighted by atomic mass is 16.4. The van der Waals surface area contributed by atoms with Gasteiger partial charge in [0, 0.05) is 30.9 Å². The van der Waals surface area contributed by atoms with Gasteiger partial charge < -0.3 is 20.2 Å². The van der Waals surface area contributed by atoms with Crippen LogP contribution in [0.4, 0.5) is 11.4 Å². The number of carbonyl (C=O) groups excluding carboxylic acids is 1. The van der Waals surface area contributed by atoms with Crippen LogP contribution in [-0.2, 0) is 0 Å². The van der Waals surface area contributed by atoms with Crippen molar-refractivity contribution in [3.63, 3.8) is 0 Å². The lowest BCUT2D eigenvalue weighted by atomic mass is 9.96. The van der Waals surface area contributed by atoms with Crippen LogP contribution >= 0.6 is 0 Å². The van der Waals surface area contributed by atoms with Gasteiger partial charge >= 0.3 is 5.97 Å². The Morgan fingerprint density at radius 2 is 1.77 bits per heavy atom. The van der Waals surface area contributed by atoms with Crippen molar-refractivity contribution >= 4 is 23.3 Å². The van der Waals surface area contributed by atoms with E-state index in [9.17, 15) is 14.7 Å². The second-order valence-electron chi connectivity index (χ2n) is 8.32. The largest absolute Gasteiger partial charge is 0.478 e. The van der Waals surface area contributed by atoms with Gasteiger partial charge in [-0.2, -0.15) is 0 Å². The number of anilines is 2. The highest BCUT2D eigenvalue weighted by Gasteiger charge is 2.26. The van der Waals surface area contributed by atoms with Crippen LogP contribution in [0.3, 0.4) is 0 Å². The van der Waals surface area contributed by atoms with Gasteiger partial charge in [-0.05, 0) is 75.0 Å². The molecule has 2 aromatic carbocycles. The molecule has 0 bridgehead atoms. The Balaban J connectivity index is 1.48. The molecule has 6 nitrogen and oxygen atoms in total. The number of hydrogen-bond acceptors (Lipinski definition) is 4. The Bertz CT molecular complexity index is 894. The average Bonchev–Trinajstić information content (AvgIpc) is 3.27. The van der Waals surface area contributed by atoms with E-state index in [4.69, 9.17) is 0 Å². The van der Waals surface area contributed by atoms with Crippen LogP contribution < -0.4 is 10.2 Å². The van der Waals surface area contributed by atoms with Gasteiger partial charge in [0.05, 0.1) is 11.3 Å². The van der Waals surface area contributed by atoms with Crippen molar-refractivity contribution < 1.29 is 14.7 Å². The van der Waals surface area contributed by atoms with E-state index in [1.54, 1.807) is 36.4 Å². The normalized spacial score (nSPS) is 19.6. The summed E-state index contributed by atoms with van der Waals surface area (Å²) in [5, 5.41) is 12.6. The molecule has 2 aliphatic rings. The molecule has 2 aromatic rings. The van der Waals surface area contributed by atoms with Crippen molar-refractivity contribution in [3.05, 3.63) is 59.7 Å². The summed E-state index contributed by atoms with van der Waals surface area (Å²) < 4.78 is 0. The zero-order valence-electron chi connectivity index (χ0n) is 17.2. The number of benzene rings is 2. The summed E-state index contributed by atoms with van der Waals surface area (Å²) in [5.41, 5.74) is 2.02. The second-order valence-corrected chi connectivity index (χ2v) is 8.32. The van der Waals surface area contributed by atoms with Crippen molar-refractivity contribution in [2.75, 3.05) is 42.9 Å². The fraction of sp³-hybridized carbons (Fsp3) is 0.417. The molecule has 1 amide bonds. The van der Waals surface area contributed by atoms with Crippen LogP contribution in [0.25, 0.3) is 0 Å². The fourth-order valence-electron chi connectivity index (χ4n) is 4.62. The number of carboxylic acids is 1. The molecule has 30 heavy (non-hydrogen) atoms. The number of piperidine rings is 1.